The minimum Gasteiger partial charge on any atom is -0.491 e. The van der Waals surface area contributed by atoms with Gasteiger partial charge in [-0.15, -0.1) is 0 Å². The largest absolute Gasteiger partial charge is 0.491 e. The van der Waals surface area contributed by atoms with Crippen molar-refractivity contribution in [2.45, 2.75) is 32.8 Å². The summed E-state index contributed by atoms with van der Waals surface area (Å²) in [6.07, 6.45) is 2.50. The first-order chi connectivity index (χ1) is 8.54. The van der Waals surface area contributed by atoms with Gasteiger partial charge < -0.3 is 10.1 Å². The van der Waals surface area contributed by atoms with E-state index < -0.39 is 4.92 Å². The maximum Gasteiger partial charge on any atom is 0.275 e. The Hall–Kier alpha value is -1.78. The molecule has 5 nitrogen and oxygen atoms in total. The molecule has 0 radical (unpaired) electrons. The van der Waals surface area contributed by atoms with Crippen LogP contribution in [0.3, 0.4) is 0 Å². The van der Waals surface area contributed by atoms with Gasteiger partial charge in [0, 0.05) is 24.4 Å². The fourth-order valence-electron chi connectivity index (χ4n) is 1.72. The Labute approximate surface area is 106 Å². The summed E-state index contributed by atoms with van der Waals surface area (Å²) in [5.74, 6) is 1.26. The second-order valence-electron chi connectivity index (χ2n) is 4.96. The molecule has 0 unspecified atom stereocenters. The summed E-state index contributed by atoms with van der Waals surface area (Å²) >= 11 is 0. The van der Waals surface area contributed by atoms with E-state index in [-0.39, 0.29) is 11.8 Å². The molecule has 1 aliphatic rings. The normalized spacial score (nSPS) is 14.6. The molecule has 0 spiro atoms. The van der Waals surface area contributed by atoms with Crippen LogP contribution in [0.15, 0.2) is 18.2 Å². The third-order valence-electron chi connectivity index (χ3n) is 2.77. The van der Waals surface area contributed by atoms with Crippen molar-refractivity contribution in [2.24, 2.45) is 5.92 Å². The molecule has 0 saturated heterocycles. The third kappa shape index (κ3) is 3.61. The van der Waals surface area contributed by atoms with Crippen LogP contribution in [0, 0.1) is 16.0 Å². The zero-order chi connectivity index (χ0) is 13.1. The zero-order valence-electron chi connectivity index (χ0n) is 10.7. The van der Waals surface area contributed by atoms with Crippen LogP contribution in [0.2, 0.25) is 0 Å². The molecule has 1 fully saturated rings. The van der Waals surface area contributed by atoms with Crippen molar-refractivity contribution >= 4 is 11.4 Å². The summed E-state index contributed by atoms with van der Waals surface area (Å²) < 4.78 is 5.52. The van der Waals surface area contributed by atoms with Crippen LogP contribution in [0.4, 0.5) is 11.4 Å². The van der Waals surface area contributed by atoms with Gasteiger partial charge in [0.2, 0.25) is 0 Å². The molecule has 0 bridgehead atoms. The third-order valence-corrected chi connectivity index (χ3v) is 2.77. The molecule has 98 valence electrons. The smallest absolute Gasteiger partial charge is 0.275 e. The number of nitro groups is 1. The second kappa shape index (κ2) is 5.25. The standard InChI is InChI=1S/C13H18N2O3/c1-9(2)18-13-6-11(14-8-10-3-4-10)5-12(7-13)15(16)17/h5-7,9-10,14H,3-4,8H2,1-2H3. The second-order valence-corrected chi connectivity index (χ2v) is 4.96. The summed E-state index contributed by atoms with van der Waals surface area (Å²) in [6, 6.07) is 4.83. The van der Waals surface area contributed by atoms with Crippen molar-refractivity contribution in [1.82, 2.24) is 0 Å². The molecule has 0 heterocycles. The molecule has 0 atom stereocenters. The molecular formula is C13H18N2O3. The molecule has 1 saturated carbocycles. The minimum atomic E-state index is -0.393. The van der Waals surface area contributed by atoms with E-state index >= 15 is 0 Å². The molecule has 1 aromatic rings. The molecule has 2 rings (SSSR count). The summed E-state index contributed by atoms with van der Waals surface area (Å²) in [5.41, 5.74) is 0.818. The first-order valence-electron chi connectivity index (χ1n) is 6.24. The number of anilines is 1. The lowest BCUT2D eigenvalue weighted by molar-refractivity contribution is -0.384. The van der Waals surface area contributed by atoms with Crippen LogP contribution >= 0.6 is 0 Å². The van der Waals surface area contributed by atoms with Crippen molar-refractivity contribution < 1.29 is 9.66 Å². The van der Waals surface area contributed by atoms with E-state index in [1.807, 2.05) is 19.9 Å². The predicted octanol–water partition coefficient (Wildman–Crippen LogP) is 3.20. The van der Waals surface area contributed by atoms with E-state index in [9.17, 15) is 10.1 Å². The average molecular weight is 250 g/mol. The number of non-ortho nitro benzene ring substituents is 1. The lowest BCUT2D eigenvalue weighted by Gasteiger charge is -2.12. The zero-order valence-corrected chi connectivity index (χ0v) is 10.7. The molecule has 1 aromatic carbocycles. The predicted molar refractivity (Wildman–Crippen MR) is 70.1 cm³/mol. The van der Waals surface area contributed by atoms with Crippen LogP contribution in [-0.4, -0.2) is 17.6 Å². The van der Waals surface area contributed by atoms with Crippen molar-refractivity contribution in [2.75, 3.05) is 11.9 Å². The lowest BCUT2D eigenvalue weighted by Crippen LogP contribution is -2.08. The number of hydrogen-bond acceptors (Lipinski definition) is 4. The fourth-order valence-corrected chi connectivity index (χ4v) is 1.72. The first-order valence-corrected chi connectivity index (χ1v) is 6.24. The molecular weight excluding hydrogens is 232 g/mol. The van der Waals surface area contributed by atoms with E-state index in [1.165, 1.54) is 18.9 Å². The number of nitrogens with zero attached hydrogens (tertiary/aromatic N) is 1. The Morgan fingerprint density at radius 1 is 1.44 bits per heavy atom. The van der Waals surface area contributed by atoms with Crippen LogP contribution in [-0.2, 0) is 0 Å². The van der Waals surface area contributed by atoms with E-state index in [2.05, 4.69) is 5.32 Å². The van der Waals surface area contributed by atoms with E-state index in [1.54, 1.807) is 6.07 Å². The summed E-state index contributed by atoms with van der Waals surface area (Å²) in [7, 11) is 0. The first kappa shape index (κ1) is 12.7. The topological polar surface area (TPSA) is 64.4 Å². The molecule has 0 aliphatic heterocycles. The van der Waals surface area contributed by atoms with Crippen LogP contribution < -0.4 is 10.1 Å². The van der Waals surface area contributed by atoms with Gasteiger partial charge in [-0.3, -0.25) is 10.1 Å². The summed E-state index contributed by atoms with van der Waals surface area (Å²) in [6.45, 7) is 4.68. The number of ether oxygens (including phenoxy) is 1. The van der Waals surface area contributed by atoms with Crippen LogP contribution in [0.25, 0.3) is 0 Å². The Morgan fingerprint density at radius 2 is 2.17 bits per heavy atom. The maximum atomic E-state index is 10.9. The molecule has 1 N–H and O–H groups in total. The molecule has 18 heavy (non-hydrogen) atoms. The Kier molecular flexibility index (Phi) is 3.69. The molecule has 1 aliphatic carbocycles. The minimum absolute atomic E-state index is 0.00304. The Morgan fingerprint density at radius 3 is 2.72 bits per heavy atom. The van der Waals surface area contributed by atoms with Gasteiger partial charge in [-0.05, 0) is 32.6 Å². The number of benzene rings is 1. The molecule has 0 amide bonds. The van der Waals surface area contributed by atoms with E-state index in [0.717, 1.165) is 18.2 Å². The van der Waals surface area contributed by atoms with Gasteiger partial charge in [-0.1, -0.05) is 0 Å². The fraction of sp³-hybridized carbons (Fsp3) is 0.538. The highest BCUT2D eigenvalue weighted by Crippen LogP contribution is 2.31. The highest BCUT2D eigenvalue weighted by atomic mass is 16.6. The van der Waals surface area contributed by atoms with Crippen molar-refractivity contribution in [3.05, 3.63) is 28.3 Å². The van der Waals surface area contributed by atoms with Gasteiger partial charge in [0.1, 0.15) is 5.75 Å². The van der Waals surface area contributed by atoms with Gasteiger partial charge in [0.05, 0.1) is 17.1 Å². The maximum absolute atomic E-state index is 10.9. The van der Waals surface area contributed by atoms with Gasteiger partial charge in [0.15, 0.2) is 0 Å². The highest BCUT2D eigenvalue weighted by molar-refractivity contribution is 5.56. The Bertz CT molecular complexity index is 442. The average Bonchev–Trinajstić information content (AvgIpc) is 3.08. The number of nitro benzene ring substituents is 1. The monoisotopic (exact) mass is 250 g/mol. The lowest BCUT2D eigenvalue weighted by atomic mass is 10.2. The summed E-state index contributed by atoms with van der Waals surface area (Å²) in [4.78, 5) is 10.5. The van der Waals surface area contributed by atoms with Gasteiger partial charge in [-0.2, -0.15) is 0 Å². The van der Waals surface area contributed by atoms with E-state index in [4.69, 9.17) is 4.74 Å². The van der Waals surface area contributed by atoms with Crippen molar-refractivity contribution in [1.29, 1.82) is 0 Å². The summed E-state index contributed by atoms with van der Waals surface area (Å²) in [5, 5.41) is 14.1. The Balaban J connectivity index is 2.14. The number of hydrogen-bond donors (Lipinski definition) is 1. The van der Waals surface area contributed by atoms with Crippen LogP contribution in [0.1, 0.15) is 26.7 Å². The highest BCUT2D eigenvalue weighted by Gasteiger charge is 2.21. The number of rotatable bonds is 6. The van der Waals surface area contributed by atoms with Gasteiger partial charge >= 0.3 is 0 Å². The number of nitrogens with one attached hydrogen (secondary N) is 1. The van der Waals surface area contributed by atoms with Crippen LogP contribution in [0.5, 0.6) is 5.75 Å². The van der Waals surface area contributed by atoms with Crippen molar-refractivity contribution in [3.8, 4) is 5.75 Å². The SMILES string of the molecule is CC(C)Oc1cc(NCC2CC2)cc([N+](=O)[O-])c1. The molecule has 5 heteroatoms. The quantitative estimate of drug-likeness (QED) is 0.622. The van der Waals surface area contributed by atoms with Gasteiger partial charge in [-0.25, -0.2) is 0 Å². The van der Waals surface area contributed by atoms with E-state index in [0.29, 0.717) is 5.75 Å². The van der Waals surface area contributed by atoms with Gasteiger partial charge in [0.25, 0.3) is 5.69 Å². The van der Waals surface area contributed by atoms with Crippen molar-refractivity contribution in [3.63, 3.8) is 0 Å². The molecule has 0 aromatic heterocycles.